The van der Waals surface area contributed by atoms with Crippen LogP contribution in [0.2, 0.25) is 5.02 Å². The predicted molar refractivity (Wildman–Crippen MR) is 64.8 cm³/mol. The van der Waals surface area contributed by atoms with Crippen molar-refractivity contribution in [2.45, 2.75) is 25.8 Å². The van der Waals surface area contributed by atoms with Crippen LogP contribution in [0.25, 0.3) is 0 Å². The maximum Gasteiger partial charge on any atom is 0.339 e. The van der Waals surface area contributed by atoms with Crippen LogP contribution in [0.4, 0.5) is 0 Å². The standard InChI is InChI=1S/C12H16ClNO2/c1-8(14)3-4-9-5-6-10(11(13)7-9)12(15)16-2/h5-8H,3-4,14H2,1-2H3/t8-/m1/s1. The van der Waals surface area contributed by atoms with Crippen molar-refractivity contribution in [3.8, 4) is 0 Å². The molecule has 0 bridgehead atoms. The average molecular weight is 242 g/mol. The summed E-state index contributed by atoms with van der Waals surface area (Å²) in [7, 11) is 1.34. The van der Waals surface area contributed by atoms with Gasteiger partial charge in [-0.05, 0) is 37.5 Å². The van der Waals surface area contributed by atoms with Gasteiger partial charge in [-0.25, -0.2) is 4.79 Å². The zero-order chi connectivity index (χ0) is 12.1. The lowest BCUT2D eigenvalue weighted by atomic mass is 10.0. The molecule has 0 amide bonds. The maximum atomic E-state index is 11.3. The number of rotatable bonds is 4. The molecular weight excluding hydrogens is 226 g/mol. The van der Waals surface area contributed by atoms with Crippen molar-refractivity contribution in [3.05, 3.63) is 34.3 Å². The first-order valence-electron chi connectivity index (χ1n) is 5.17. The lowest BCUT2D eigenvalue weighted by molar-refractivity contribution is 0.0601. The highest BCUT2D eigenvalue weighted by atomic mass is 35.5. The first-order valence-corrected chi connectivity index (χ1v) is 5.54. The van der Waals surface area contributed by atoms with Crippen LogP contribution in [0.3, 0.4) is 0 Å². The highest BCUT2D eigenvalue weighted by Crippen LogP contribution is 2.19. The molecule has 0 aliphatic heterocycles. The van der Waals surface area contributed by atoms with Gasteiger partial charge in [0.15, 0.2) is 0 Å². The van der Waals surface area contributed by atoms with E-state index in [0.717, 1.165) is 18.4 Å². The quantitative estimate of drug-likeness (QED) is 0.824. The van der Waals surface area contributed by atoms with Crippen molar-refractivity contribution in [1.82, 2.24) is 0 Å². The molecule has 0 spiro atoms. The number of ether oxygens (including phenoxy) is 1. The number of hydrogen-bond donors (Lipinski definition) is 1. The van der Waals surface area contributed by atoms with Crippen molar-refractivity contribution in [2.24, 2.45) is 5.73 Å². The zero-order valence-corrected chi connectivity index (χ0v) is 10.3. The molecule has 1 aromatic carbocycles. The fourth-order valence-corrected chi connectivity index (χ4v) is 1.66. The highest BCUT2D eigenvalue weighted by molar-refractivity contribution is 6.33. The van der Waals surface area contributed by atoms with Crippen molar-refractivity contribution in [3.63, 3.8) is 0 Å². The SMILES string of the molecule is COC(=O)c1ccc(CC[C@@H](C)N)cc1Cl. The summed E-state index contributed by atoms with van der Waals surface area (Å²) in [6.07, 6.45) is 1.76. The Kier molecular flexibility index (Phi) is 4.77. The summed E-state index contributed by atoms with van der Waals surface area (Å²) in [4.78, 5) is 11.3. The summed E-state index contributed by atoms with van der Waals surface area (Å²) in [5, 5.41) is 0.425. The molecular formula is C12H16ClNO2. The van der Waals surface area contributed by atoms with Gasteiger partial charge in [0.05, 0.1) is 17.7 Å². The minimum atomic E-state index is -0.413. The summed E-state index contributed by atoms with van der Waals surface area (Å²) in [6, 6.07) is 5.51. The van der Waals surface area contributed by atoms with Crippen LogP contribution < -0.4 is 5.73 Å². The third-order valence-electron chi connectivity index (χ3n) is 2.33. The largest absolute Gasteiger partial charge is 0.465 e. The molecule has 0 saturated carbocycles. The topological polar surface area (TPSA) is 52.3 Å². The number of aryl methyl sites for hydroxylation is 1. The molecule has 88 valence electrons. The summed E-state index contributed by atoms with van der Waals surface area (Å²) in [6.45, 7) is 1.96. The lowest BCUT2D eigenvalue weighted by Gasteiger charge is -2.07. The van der Waals surface area contributed by atoms with Gasteiger partial charge in [0.25, 0.3) is 0 Å². The second-order valence-electron chi connectivity index (χ2n) is 3.82. The van der Waals surface area contributed by atoms with Crippen LogP contribution in [0, 0.1) is 0 Å². The fraction of sp³-hybridized carbons (Fsp3) is 0.417. The van der Waals surface area contributed by atoms with E-state index < -0.39 is 5.97 Å². The first-order chi connectivity index (χ1) is 7.54. The molecule has 2 N–H and O–H groups in total. The van der Waals surface area contributed by atoms with Gasteiger partial charge in [0.2, 0.25) is 0 Å². The van der Waals surface area contributed by atoms with Crippen LogP contribution in [-0.2, 0) is 11.2 Å². The molecule has 0 saturated heterocycles. The average Bonchev–Trinajstić information content (AvgIpc) is 2.25. The molecule has 0 fully saturated rings. The summed E-state index contributed by atoms with van der Waals surface area (Å²) >= 11 is 5.99. The second-order valence-corrected chi connectivity index (χ2v) is 4.23. The van der Waals surface area contributed by atoms with E-state index in [9.17, 15) is 4.79 Å². The Morgan fingerprint density at radius 2 is 2.25 bits per heavy atom. The van der Waals surface area contributed by atoms with Crippen molar-refractivity contribution in [1.29, 1.82) is 0 Å². The molecule has 0 aromatic heterocycles. The van der Waals surface area contributed by atoms with E-state index in [2.05, 4.69) is 4.74 Å². The number of carbonyl (C=O) groups excluding carboxylic acids is 1. The molecule has 1 atom stereocenters. The number of carbonyl (C=O) groups is 1. The van der Waals surface area contributed by atoms with Gasteiger partial charge in [0.1, 0.15) is 0 Å². The summed E-state index contributed by atoms with van der Waals surface area (Å²) in [5.41, 5.74) is 7.15. The fourth-order valence-electron chi connectivity index (χ4n) is 1.38. The molecule has 0 heterocycles. The van der Waals surface area contributed by atoms with Crippen LogP contribution in [-0.4, -0.2) is 19.1 Å². The monoisotopic (exact) mass is 241 g/mol. The van der Waals surface area contributed by atoms with E-state index in [0.29, 0.717) is 10.6 Å². The van der Waals surface area contributed by atoms with Gasteiger partial charge in [-0.15, -0.1) is 0 Å². The lowest BCUT2D eigenvalue weighted by Crippen LogP contribution is -2.15. The zero-order valence-electron chi connectivity index (χ0n) is 9.50. The first kappa shape index (κ1) is 13.0. The number of nitrogens with two attached hydrogens (primary N) is 1. The number of hydrogen-bond acceptors (Lipinski definition) is 3. The molecule has 3 nitrogen and oxygen atoms in total. The van der Waals surface area contributed by atoms with Crippen LogP contribution in [0.1, 0.15) is 29.3 Å². The van der Waals surface area contributed by atoms with Gasteiger partial charge in [0, 0.05) is 6.04 Å². The number of halogens is 1. The third-order valence-corrected chi connectivity index (χ3v) is 2.64. The molecule has 0 radical (unpaired) electrons. The van der Waals surface area contributed by atoms with E-state index in [-0.39, 0.29) is 6.04 Å². The van der Waals surface area contributed by atoms with Gasteiger partial charge in [-0.3, -0.25) is 0 Å². The molecule has 0 aliphatic rings. The molecule has 0 aliphatic carbocycles. The van der Waals surface area contributed by atoms with Crippen LogP contribution in [0.5, 0.6) is 0 Å². The Labute approximate surface area is 101 Å². The van der Waals surface area contributed by atoms with Gasteiger partial charge >= 0.3 is 5.97 Å². The van der Waals surface area contributed by atoms with Gasteiger partial charge < -0.3 is 10.5 Å². The molecule has 1 aromatic rings. The molecule has 4 heteroatoms. The van der Waals surface area contributed by atoms with Gasteiger partial charge in [-0.1, -0.05) is 17.7 Å². The van der Waals surface area contributed by atoms with E-state index in [1.165, 1.54) is 7.11 Å². The Bertz CT molecular complexity index is 377. The Hall–Kier alpha value is -1.06. The third kappa shape index (κ3) is 3.51. The smallest absolute Gasteiger partial charge is 0.339 e. The Balaban J connectivity index is 2.78. The molecule has 1 rings (SSSR count). The van der Waals surface area contributed by atoms with E-state index >= 15 is 0 Å². The minimum absolute atomic E-state index is 0.166. The van der Waals surface area contributed by atoms with Crippen LogP contribution in [0.15, 0.2) is 18.2 Å². The molecule has 0 unspecified atom stereocenters. The van der Waals surface area contributed by atoms with Crippen molar-refractivity contribution < 1.29 is 9.53 Å². The Morgan fingerprint density at radius 1 is 1.56 bits per heavy atom. The minimum Gasteiger partial charge on any atom is -0.465 e. The summed E-state index contributed by atoms with van der Waals surface area (Å²) in [5.74, 6) is -0.413. The summed E-state index contributed by atoms with van der Waals surface area (Å²) < 4.78 is 4.61. The second kappa shape index (κ2) is 5.87. The number of methoxy groups -OCH3 is 1. The van der Waals surface area contributed by atoms with Gasteiger partial charge in [-0.2, -0.15) is 0 Å². The Morgan fingerprint density at radius 3 is 2.75 bits per heavy atom. The predicted octanol–water partition coefficient (Wildman–Crippen LogP) is 2.41. The number of esters is 1. The van der Waals surface area contributed by atoms with Crippen LogP contribution >= 0.6 is 11.6 Å². The normalized spacial score (nSPS) is 12.2. The number of benzene rings is 1. The van der Waals surface area contributed by atoms with Crippen molar-refractivity contribution in [2.75, 3.05) is 7.11 Å². The van der Waals surface area contributed by atoms with Crippen molar-refractivity contribution >= 4 is 17.6 Å². The highest BCUT2D eigenvalue weighted by Gasteiger charge is 2.10. The van der Waals surface area contributed by atoms with E-state index in [1.807, 2.05) is 13.0 Å². The maximum absolute atomic E-state index is 11.3. The van der Waals surface area contributed by atoms with E-state index in [1.54, 1.807) is 12.1 Å². The van der Waals surface area contributed by atoms with E-state index in [4.69, 9.17) is 17.3 Å². The molecule has 16 heavy (non-hydrogen) atoms.